The summed E-state index contributed by atoms with van der Waals surface area (Å²) in [4.78, 5) is 21.6. The average Bonchev–Trinajstić information content (AvgIpc) is 2.03. The summed E-state index contributed by atoms with van der Waals surface area (Å²) >= 11 is 0. The number of Topliss-reactive ketones (excluding diaryl/α,β-unsaturated/α-hetero) is 2. The molecule has 0 aromatic carbocycles. The van der Waals surface area contributed by atoms with E-state index in [-0.39, 0.29) is 23.4 Å². The molecule has 2 rings (SSSR count). The van der Waals surface area contributed by atoms with Gasteiger partial charge in [-0.25, -0.2) is 0 Å². The first-order valence-electron chi connectivity index (χ1n) is 3.55. The molecule has 0 saturated heterocycles. The number of hydrogen-bond donors (Lipinski definition) is 0. The molecule has 0 bridgehead atoms. The molecular formula is C8H8O2. The van der Waals surface area contributed by atoms with Crippen molar-refractivity contribution in [3.63, 3.8) is 0 Å². The number of carbonyl (C=O) groups is 2. The molecule has 1 saturated carbocycles. The summed E-state index contributed by atoms with van der Waals surface area (Å²) < 4.78 is 0. The van der Waals surface area contributed by atoms with E-state index in [2.05, 4.69) is 0 Å². The number of rotatable bonds is 0. The summed E-state index contributed by atoms with van der Waals surface area (Å²) in [7, 11) is 0. The van der Waals surface area contributed by atoms with E-state index in [1.54, 1.807) is 0 Å². The van der Waals surface area contributed by atoms with Gasteiger partial charge in [-0.15, -0.1) is 0 Å². The Morgan fingerprint density at radius 1 is 1.30 bits per heavy atom. The fraction of sp³-hybridized carbons (Fsp3) is 0.500. The molecule has 0 aromatic rings. The lowest BCUT2D eigenvalue weighted by Gasteiger charge is -2.33. The Kier molecular flexibility index (Phi) is 1.04. The highest BCUT2D eigenvalue weighted by Gasteiger charge is 2.47. The van der Waals surface area contributed by atoms with E-state index in [0.717, 1.165) is 12.8 Å². The van der Waals surface area contributed by atoms with Gasteiger partial charge >= 0.3 is 0 Å². The summed E-state index contributed by atoms with van der Waals surface area (Å²) in [6, 6.07) is 0. The standard InChI is InChI=1S/C8H8O2/c9-7-5-3-1-2-4-6(5)8(7)10/h1,3,5-6H,2,4H2. The molecular weight excluding hydrogens is 128 g/mol. The lowest BCUT2D eigenvalue weighted by molar-refractivity contribution is -0.151. The lowest BCUT2D eigenvalue weighted by Crippen LogP contribution is -2.48. The van der Waals surface area contributed by atoms with Crippen molar-refractivity contribution in [3.05, 3.63) is 12.2 Å². The molecule has 2 aliphatic rings. The molecule has 0 aromatic heterocycles. The summed E-state index contributed by atoms with van der Waals surface area (Å²) in [6.07, 6.45) is 5.70. The summed E-state index contributed by atoms with van der Waals surface area (Å²) in [5, 5.41) is 0. The summed E-state index contributed by atoms with van der Waals surface area (Å²) in [6.45, 7) is 0. The van der Waals surface area contributed by atoms with Gasteiger partial charge in [0.25, 0.3) is 0 Å². The van der Waals surface area contributed by atoms with Crippen molar-refractivity contribution >= 4 is 11.6 Å². The number of ketones is 2. The molecule has 2 unspecified atom stereocenters. The highest BCUT2D eigenvalue weighted by Crippen LogP contribution is 2.35. The summed E-state index contributed by atoms with van der Waals surface area (Å²) in [5.41, 5.74) is 0. The SMILES string of the molecule is O=C1C(=O)C2CCC=CC12. The Morgan fingerprint density at radius 3 is 2.80 bits per heavy atom. The van der Waals surface area contributed by atoms with Gasteiger partial charge in [-0.2, -0.15) is 0 Å². The second kappa shape index (κ2) is 1.78. The Morgan fingerprint density at radius 2 is 2.10 bits per heavy atom. The van der Waals surface area contributed by atoms with Gasteiger partial charge in [-0.1, -0.05) is 12.2 Å². The monoisotopic (exact) mass is 136 g/mol. The van der Waals surface area contributed by atoms with Crippen molar-refractivity contribution in [2.45, 2.75) is 12.8 Å². The molecule has 1 fully saturated rings. The Hall–Kier alpha value is -0.920. The zero-order chi connectivity index (χ0) is 7.14. The molecule has 0 heterocycles. The third-order valence-corrected chi connectivity index (χ3v) is 2.30. The highest BCUT2D eigenvalue weighted by molar-refractivity contribution is 6.46. The molecule has 2 heteroatoms. The van der Waals surface area contributed by atoms with Crippen molar-refractivity contribution in [1.29, 1.82) is 0 Å². The molecule has 52 valence electrons. The largest absolute Gasteiger partial charge is 0.291 e. The predicted molar refractivity (Wildman–Crippen MR) is 35.4 cm³/mol. The maximum absolute atomic E-state index is 10.8. The van der Waals surface area contributed by atoms with E-state index in [4.69, 9.17) is 0 Å². The first kappa shape index (κ1) is 5.83. The first-order chi connectivity index (χ1) is 4.80. The fourth-order valence-electron chi connectivity index (χ4n) is 1.65. The predicted octanol–water partition coefficient (Wildman–Crippen LogP) is 0.721. The number of hydrogen-bond acceptors (Lipinski definition) is 2. The van der Waals surface area contributed by atoms with Crippen LogP contribution in [0.25, 0.3) is 0 Å². The minimum atomic E-state index is -0.180. The van der Waals surface area contributed by atoms with Crippen LogP contribution in [0.15, 0.2) is 12.2 Å². The van der Waals surface area contributed by atoms with Gasteiger partial charge < -0.3 is 0 Å². The van der Waals surface area contributed by atoms with Gasteiger partial charge in [-0.05, 0) is 12.8 Å². The van der Waals surface area contributed by atoms with Crippen LogP contribution in [0, 0.1) is 11.8 Å². The van der Waals surface area contributed by atoms with E-state index in [1.165, 1.54) is 0 Å². The maximum Gasteiger partial charge on any atom is 0.206 e. The zero-order valence-corrected chi connectivity index (χ0v) is 5.54. The van der Waals surface area contributed by atoms with Crippen LogP contribution in [0.3, 0.4) is 0 Å². The van der Waals surface area contributed by atoms with Crippen LogP contribution in [0.1, 0.15) is 12.8 Å². The Balaban J connectivity index is 2.26. The van der Waals surface area contributed by atoms with Gasteiger partial charge in [-0.3, -0.25) is 9.59 Å². The minimum Gasteiger partial charge on any atom is -0.291 e. The normalized spacial score (nSPS) is 37.2. The van der Waals surface area contributed by atoms with E-state index in [9.17, 15) is 9.59 Å². The number of fused-ring (bicyclic) bond motifs is 1. The van der Waals surface area contributed by atoms with Gasteiger partial charge in [0.1, 0.15) is 0 Å². The molecule has 0 spiro atoms. The molecule has 0 N–H and O–H groups in total. The van der Waals surface area contributed by atoms with Crippen LogP contribution in [0.4, 0.5) is 0 Å². The van der Waals surface area contributed by atoms with Crippen molar-refractivity contribution in [1.82, 2.24) is 0 Å². The molecule has 10 heavy (non-hydrogen) atoms. The van der Waals surface area contributed by atoms with Gasteiger partial charge in [0, 0.05) is 5.92 Å². The van der Waals surface area contributed by atoms with Crippen LogP contribution >= 0.6 is 0 Å². The Labute approximate surface area is 58.9 Å². The highest BCUT2D eigenvalue weighted by atomic mass is 16.2. The lowest BCUT2D eigenvalue weighted by atomic mass is 9.67. The van der Waals surface area contributed by atoms with Gasteiger partial charge in [0.15, 0.2) is 0 Å². The second-order valence-electron chi connectivity index (χ2n) is 2.87. The third kappa shape index (κ3) is 0.537. The molecule has 2 nitrogen and oxygen atoms in total. The smallest absolute Gasteiger partial charge is 0.206 e. The third-order valence-electron chi connectivity index (χ3n) is 2.30. The van der Waals surface area contributed by atoms with E-state index in [1.807, 2.05) is 12.2 Å². The van der Waals surface area contributed by atoms with Crippen molar-refractivity contribution < 1.29 is 9.59 Å². The van der Waals surface area contributed by atoms with Gasteiger partial charge in [0.2, 0.25) is 11.6 Å². The first-order valence-corrected chi connectivity index (χ1v) is 3.55. The second-order valence-corrected chi connectivity index (χ2v) is 2.87. The maximum atomic E-state index is 10.8. The molecule has 0 amide bonds. The number of carbonyl (C=O) groups excluding carboxylic acids is 2. The molecule has 0 radical (unpaired) electrons. The van der Waals surface area contributed by atoms with E-state index < -0.39 is 0 Å². The zero-order valence-electron chi connectivity index (χ0n) is 5.54. The topological polar surface area (TPSA) is 34.1 Å². The summed E-state index contributed by atoms with van der Waals surface area (Å²) in [5.74, 6) is -0.311. The molecule has 2 aliphatic carbocycles. The van der Waals surface area contributed by atoms with E-state index >= 15 is 0 Å². The van der Waals surface area contributed by atoms with Gasteiger partial charge in [0.05, 0.1) is 5.92 Å². The van der Waals surface area contributed by atoms with E-state index in [0.29, 0.717) is 0 Å². The molecule has 0 aliphatic heterocycles. The average molecular weight is 136 g/mol. The minimum absolute atomic E-state index is 0.0405. The quantitative estimate of drug-likeness (QED) is 0.363. The van der Waals surface area contributed by atoms with Crippen LogP contribution in [0.2, 0.25) is 0 Å². The van der Waals surface area contributed by atoms with Crippen LogP contribution in [-0.4, -0.2) is 11.6 Å². The van der Waals surface area contributed by atoms with Crippen molar-refractivity contribution in [3.8, 4) is 0 Å². The van der Waals surface area contributed by atoms with Crippen LogP contribution in [0.5, 0.6) is 0 Å². The van der Waals surface area contributed by atoms with Crippen LogP contribution < -0.4 is 0 Å². The van der Waals surface area contributed by atoms with Crippen LogP contribution in [-0.2, 0) is 9.59 Å². The van der Waals surface area contributed by atoms with Crippen molar-refractivity contribution in [2.24, 2.45) is 11.8 Å². The molecule has 2 atom stereocenters. The van der Waals surface area contributed by atoms with Crippen molar-refractivity contribution in [2.75, 3.05) is 0 Å². The Bertz CT molecular complexity index is 227. The fourth-order valence-corrected chi connectivity index (χ4v) is 1.65. The number of allylic oxidation sites excluding steroid dienone is 2.